The molecular formula is C22H24F4N2O2. The molecule has 2 aromatic carbocycles. The Bertz CT molecular complexity index is 911. The molecule has 0 radical (unpaired) electrons. The van der Waals surface area contributed by atoms with Crippen molar-refractivity contribution in [1.82, 2.24) is 4.90 Å². The fourth-order valence-corrected chi connectivity index (χ4v) is 3.48. The molecule has 0 aromatic heterocycles. The lowest BCUT2D eigenvalue weighted by Crippen LogP contribution is -2.33. The largest absolute Gasteiger partial charge is 0.491 e. The topological polar surface area (TPSA) is 41.6 Å². The standard InChI is InChI=1S/C22H24F4N2O2/c1-13(2)30-20-11-17(10-18(14(20)3)22(24,25)26)27-19-8-9-28(21(19)29)12-15-4-6-16(23)7-5-15/h4-7,10-11,13,19,27H,8-9,12H2,1-3H3. The maximum Gasteiger partial charge on any atom is 0.416 e. The Morgan fingerprint density at radius 3 is 2.47 bits per heavy atom. The highest BCUT2D eigenvalue weighted by Crippen LogP contribution is 2.39. The number of likely N-dealkylation sites (tertiary alicyclic amines) is 1. The summed E-state index contributed by atoms with van der Waals surface area (Å²) in [5.74, 6) is -0.430. The Balaban J connectivity index is 1.78. The summed E-state index contributed by atoms with van der Waals surface area (Å²) in [6.45, 7) is 5.62. The predicted octanol–water partition coefficient (Wildman–Crippen LogP) is 5.15. The second-order valence-electron chi connectivity index (χ2n) is 7.68. The molecule has 0 bridgehead atoms. The molecule has 1 N–H and O–H groups in total. The van der Waals surface area contributed by atoms with Gasteiger partial charge in [-0.2, -0.15) is 13.2 Å². The van der Waals surface area contributed by atoms with Crippen molar-refractivity contribution in [3.63, 3.8) is 0 Å². The molecule has 2 aromatic rings. The van der Waals surface area contributed by atoms with Crippen molar-refractivity contribution in [2.24, 2.45) is 0 Å². The minimum absolute atomic E-state index is 0.0115. The van der Waals surface area contributed by atoms with Crippen molar-refractivity contribution in [3.05, 3.63) is 58.9 Å². The fourth-order valence-electron chi connectivity index (χ4n) is 3.48. The van der Waals surface area contributed by atoms with Crippen LogP contribution in [0.3, 0.4) is 0 Å². The van der Waals surface area contributed by atoms with Crippen molar-refractivity contribution >= 4 is 11.6 Å². The molecule has 1 saturated heterocycles. The van der Waals surface area contributed by atoms with E-state index >= 15 is 0 Å². The van der Waals surface area contributed by atoms with Crippen molar-refractivity contribution < 1.29 is 27.1 Å². The van der Waals surface area contributed by atoms with Gasteiger partial charge in [0, 0.05) is 30.4 Å². The van der Waals surface area contributed by atoms with E-state index in [1.165, 1.54) is 25.1 Å². The number of nitrogens with one attached hydrogen (secondary N) is 1. The zero-order chi connectivity index (χ0) is 22.1. The first-order chi connectivity index (χ1) is 14.0. The van der Waals surface area contributed by atoms with Gasteiger partial charge in [0.25, 0.3) is 0 Å². The van der Waals surface area contributed by atoms with E-state index < -0.39 is 17.8 Å². The smallest absolute Gasteiger partial charge is 0.416 e. The molecule has 0 aliphatic carbocycles. The summed E-state index contributed by atoms with van der Waals surface area (Å²) in [5, 5.41) is 2.94. The maximum absolute atomic E-state index is 13.5. The van der Waals surface area contributed by atoms with Crippen molar-refractivity contribution in [2.45, 2.75) is 52.1 Å². The molecule has 1 amide bonds. The summed E-state index contributed by atoms with van der Waals surface area (Å²) in [5.41, 5.74) is 0.187. The van der Waals surface area contributed by atoms with Crippen LogP contribution in [0.15, 0.2) is 36.4 Å². The molecule has 1 aliphatic heterocycles. The van der Waals surface area contributed by atoms with Crippen LogP contribution in [0.4, 0.5) is 23.2 Å². The SMILES string of the molecule is Cc1c(OC(C)C)cc(NC2CCN(Cc3ccc(F)cc3)C2=O)cc1C(F)(F)F. The number of hydrogen-bond donors (Lipinski definition) is 1. The van der Waals surface area contributed by atoms with E-state index in [0.29, 0.717) is 19.5 Å². The first-order valence-electron chi connectivity index (χ1n) is 9.73. The minimum Gasteiger partial charge on any atom is -0.491 e. The summed E-state index contributed by atoms with van der Waals surface area (Å²) >= 11 is 0. The highest BCUT2D eigenvalue weighted by atomic mass is 19.4. The number of amides is 1. The van der Waals surface area contributed by atoms with Crippen molar-refractivity contribution in [2.75, 3.05) is 11.9 Å². The Morgan fingerprint density at radius 1 is 1.20 bits per heavy atom. The van der Waals surface area contributed by atoms with Crippen LogP contribution in [0.5, 0.6) is 5.75 Å². The second kappa shape index (κ2) is 8.53. The number of nitrogens with zero attached hydrogens (tertiary/aromatic N) is 1. The van der Waals surface area contributed by atoms with Gasteiger partial charge >= 0.3 is 6.18 Å². The number of alkyl halides is 3. The van der Waals surface area contributed by atoms with Gasteiger partial charge in [-0.3, -0.25) is 4.79 Å². The molecule has 1 aliphatic rings. The molecule has 1 heterocycles. The third kappa shape index (κ3) is 5.04. The van der Waals surface area contributed by atoms with Gasteiger partial charge in [0.15, 0.2) is 0 Å². The third-order valence-corrected chi connectivity index (χ3v) is 4.95. The Labute approximate surface area is 172 Å². The molecular weight excluding hydrogens is 400 g/mol. The number of carbonyl (C=O) groups is 1. The van der Waals surface area contributed by atoms with Crippen LogP contribution >= 0.6 is 0 Å². The number of ether oxygens (including phenoxy) is 1. The highest BCUT2D eigenvalue weighted by Gasteiger charge is 2.36. The lowest BCUT2D eigenvalue weighted by atomic mass is 10.1. The van der Waals surface area contributed by atoms with Crippen molar-refractivity contribution in [1.29, 1.82) is 0 Å². The van der Waals surface area contributed by atoms with Crippen LogP contribution in [0.25, 0.3) is 0 Å². The number of carbonyl (C=O) groups excluding carboxylic acids is 1. The fraction of sp³-hybridized carbons (Fsp3) is 0.409. The number of rotatable bonds is 6. The molecule has 30 heavy (non-hydrogen) atoms. The van der Waals surface area contributed by atoms with Crippen LogP contribution in [-0.2, 0) is 17.5 Å². The zero-order valence-electron chi connectivity index (χ0n) is 17.0. The van der Waals surface area contributed by atoms with Gasteiger partial charge in [-0.15, -0.1) is 0 Å². The monoisotopic (exact) mass is 424 g/mol. The number of benzene rings is 2. The number of hydrogen-bond acceptors (Lipinski definition) is 3. The number of halogens is 4. The Kier molecular flexibility index (Phi) is 6.24. The van der Waals surface area contributed by atoms with Gasteiger partial charge < -0.3 is 15.0 Å². The summed E-state index contributed by atoms with van der Waals surface area (Å²) in [6.07, 6.45) is -4.37. The Hall–Kier alpha value is -2.77. The lowest BCUT2D eigenvalue weighted by molar-refractivity contribution is -0.138. The summed E-state index contributed by atoms with van der Waals surface area (Å²) < 4.78 is 59.1. The average Bonchev–Trinajstić information content (AvgIpc) is 2.98. The lowest BCUT2D eigenvalue weighted by Gasteiger charge is -2.21. The molecule has 1 unspecified atom stereocenters. The molecule has 4 nitrogen and oxygen atoms in total. The van der Waals surface area contributed by atoms with E-state index in [-0.39, 0.29) is 34.8 Å². The second-order valence-corrected chi connectivity index (χ2v) is 7.68. The molecule has 8 heteroatoms. The minimum atomic E-state index is -4.54. The average molecular weight is 424 g/mol. The van der Waals surface area contributed by atoms with E-state index in [1.54, 1.807) is 30.9 Å². The van der Waals surface area contributed by atoms with Gasteiger partial charge in [0.1, 0.15) is 17.6 Å². The Morgan fingerprint density at radius 2 is 1.87 bits per heavy atom. The molecule has 3 rings (SSSR count). The van der Waals surface area contributed by atoms with Crippen LogP contribution in [0, 0.1) is 12.7 Å². The van der Waals surface area contributed by atoms with Crippen LogP contribution < -0.4 is 10.1 Å². The van der Waals surface area contributed by atoms with E-state index in [2.05, 4.69) is 5.32 Å². The first-order valence-corrected chi connectivity index (χ1v) is 9.73. The van der Waals surface area contributed by atoms with Crippen LogP contribution in [-0.4, -0.2) is 29.5 Å². The highest BCUT2D eigenvalue weighted by molar-refractivity contribution is 5.87. The van der Waals surface area contributed by atoms with E-state index in [9.17, 15) is 22.4 Å². The van der Waals surface area contributed by atoms with Gasteiger partial charge in [-0.05, 0) is 51.0 Å². The van der Waals surface area contributed by atoms with Crippen LogP contribution in [0.1, 0.15) is 37.0 Å². The first kappa shape index (κ1) is 21.9. The summed E-state index contributed by atoms with van der Waals surface area (Å²) in [4.78, 5) is 14.3. The van der Waals surface area contributed by atoms with Gasteiger partial charge in [0.05, 0.1) is 11.7 Å². The van der Waals surface area contributed by atoms with Gasteiger partial charge in [-0.1, -0.05) is 12.1 Å². The van der Waals surface area contributed by atoms with Gasteiger partial charge in [-0.25, -0.2) is 4.39 Å². The van der Waals surface area contributed by atoms with Crippen LogP contribution in [0.2, 0.25) is 0 Å². The predicted molar refractivity (Wildman–Crippen MR) is 106 cm³/mol. The summed E-state index contributed by atoms with van der Waals surface area (Å²) in [6, 6.07) is 7.74. The van der Waals surface area contributed by atoms with E-state index in [4.69, 9.17) is 4.74 Å². The normalized spacial score (nSPS) is 17.0. The van der Waals surface area contributed by atoms with Gasteiger partial charge in [0.2, 0.25) is 5.91 Å². The summed E-state index contributed by atoms with van der Waals surface area (Å²) in [7, 11) is 0. The van der Waals surface area contributed by atoms with E-state index in [0.717, 1.165) is 11.6 Å². The maximum atomic E-state index is 13.5. The van der Waals surface area contributed by atoms with Crippen molar-refractivity contribution in [3.8, 4) is 5.75 Å². The zero-order valence-corrected chi connectivity index (χ0v) is 17.0. The molecule has 162 valence electrons. The number of anilines is 1. The third-order valence-electron chi connectivity index (χ3n) is 4.95. The molecule has 1 fully saturated rings. The quantitative estimate of drug-likeness (QED) is 0.652. The molecule has 1 atom stereocenters. The molecule has 0 spiro atoms. The molecule has 0 saturated carbocycles. The van der Waals surface area contributed by atoms with E-state index in [1.807, 2.05) is 0 Å².